The molecule has 0 spiro atoms. The summed E-state index contributed by atoms with van der Waals surface area (Å²) >= 11 is 0. The van der Waals surface area contributed by atoms with E-state index in [9.17, 15) is 18.0 Å². The van der Waals surface area contributed by atoms with E-state index >= 15 is 0 Å². The van der Waals surface area contributed by atoms with Crippen molar-refractivity contribution in [3.8, 4) is 11.3 Å². The van der Waals surface area contributed by atoms with Gasteiger partial charge in [-0.25, -0.2) is 4.79 Å². The van der Waals surface area contributed by atoms with Crippen molar-refractivity contribution in [3.05, 3.63) is 78.6 Å². The van der Waals surface area contributed by atoms with Crippen LogP contribution in [0.1, 0.15) is 24.8 Å². The van der Waals surface area contributed by atoms with Gasteiger partial charge in [-0.1, -0.05) is 42.5 Å². The van der Waals surface area contributed by atoms with Crippen LogP contribution in [0.15, 0.2) is 77.4 Å². The van der Waals surface area contributed by atoms with Gasteiger partial charge in [-0.3, -0.25) is 4.90 Å². The number of alkyl halides is 3. The Balaban J connectivity index is 0.000000470. The van der Waals surface area contributed by atoms with Gasteiger partial charge >= 0.3 is 12.3 Å². The van der Waals surface area contributed by atoms with Crippen LogP contribution in [0.2, 0.25) is 0 Å². The summed E-state index contributed by atoms with van der Waals surface area (Å²) in [5.74, 6) is -1.78. The van der Waals surface area contributed by atoms with Crippen LogP contribution in [0.25, 0.3) is 11.3 Å². The smallest absolute Gasteiger partial charge is 0.430 e. The first-order chi connectivity index (χ1) is 19.1. The van der Waals surface area contributed by atoms with Crippen LogP contribution in [-0.4, -0.2) is 62.1 Å². The minimum atomic E-state index is -5.19. The van der Waals surface area contributed by atoms with Crippen molar-refractivity contribution in [1.29, 1.82) is 0 Å². The van der Waals surface area contributed by atoms with Crippen molar-refractivity contribution >= 4 is 17.7 Å². The number of carboxylic acid groups (broad SMARTS) is 1. The number of amides is 1. The highest BCUT2D eigenvalue weighted by Gasteiger charge is 2.47. The molecule has 6 rings (SSSR count). The lowest BCUT2D eigenvalue weighted by Gasteiger charge is -2.52. The number of carbonyl (C=O) groups is 2. The van der Waals surface area contributed by atoms with E-state index in [0.29, 0.717) is 5.92 Å². The maximum Gasteiger partial charge on any atom is 0.430 e. The molecule has 4 heterocycles. The Labute approximate surface area is 231 Å². The van der Waals surface area contributed by atoms with Gasteiger partial charge in [0.15, 0.2) is 6.10 Å². The normalized spacial score (nSPS) is 21.7. The number of hydrogen-bond donors (Lipinski definition) is 0. The molecule has 1 atom stereocenters. The number of nitrogens with zero attached hydrogens (tertiary/aromatic N) is 2. The van der Waals surface area contributed by atoms with Gasteiger partial charge in [-0.05, 0) is 36.2 Å². The highest BCUT2D eigenvalue weighted by atomic mass is 19.4. The van der Waals surface area contributed by atoms with Gasteiger partial charge in [0, 0.05) is 37.8 Å². The molecular formula is C30H33F3N2O5. The lowest BCUT2D eigenvalue weighted by atomic mass is 9.83. The summed E-state index contributed by atoms with van der Waals surface area (Å²) in [6.45, 7) is 4.53. The molecule has 7 nitrogen and oxygen atoms in total. The Bertz CT molecular complexity index is 1260. The summed E-state index contributed by atoms with van der Waals surface area (Å²) in [6, 6.07) is 22.3. The van der Waals surface area contributed by atoms with Crippen LogP contribution in [-0.2, 0) is 16.0 Å². The topological polar surface area (TPSA) is 82.8 Å². The molecule has 40 heavy (non-hydrogen) atoms. The van der Waals surface area contributed by atoms with E-state index in [0.717, 1.165) is 53.8 Å². The summed E-state index contributed by atoms with van der Waals surface area (Å²) in [7, 11) is 1.79. The lowest BCUT2D eigenvalue weighted by Crippen LogP contribution is -2.65. The first-order valence-electron chi connectivity index (χ1n) is 13.3. The lowest BCUT2D eigenvalue weighted by molar-refractivity contribution is -0.946. The quantitative estimate of drug-likeness (QED) is 0.379. The van der Waals surface area contributed by atoms with Gasteiger partial charge in [0.05, 0.1) is 31.6 Å². The van der Waals surface area contributed by atoms with Gasteiger partial charge in [-0.2, -0.15) is 13.2 Å². The van der Waals surface area contributed by atoms with E-state index in [-0.39, 0.29) is 12.2 Å². The predicted octanol–water partition coefficient (Wildman–Crippen LogP) is 5.06. The van der Waals surface area contributed by atoms with Crippen LogP contribution >= 0.6 is 0 Å². The Morgan fingerprint density at radius 2 is 1.68 bits per heavy atom. The average Bonchev–Trinajstić information content (AvgIpc) is 3.49. The molecule has 0 radical (unpaired) electrons. The Morgan fingerprint density at radius 3 is 2.30 bits per heavy atom. The molecular weight excluding hydrogens is 525 g/mol. The number of fused-ring (bicyclic) bond motifs is 3. The monoisotopic (exact) mass is 558 g/mol. The van der Waals surface area contributed by atoms with Crippen LogP contribution in [0.5, 0.6) is 0 Å². The molecule has 3 aliphatic heterocycles. The molecule has 0 aliphatic carbocycles. The second kappa shape index (κ2) is 12.6. The molecule has 3 saturated heterocycles. The van der Waals surface area contributed by atoms with Crippen molar-refractivity contribution in [2.24, 2.45) is 5.92 Å². The second-order valence-electron chi connectivity index (χ2n) is 10.4. The molecule has 10 heteroatoms. The number of carbonyl (C=O) groups excluding carboxylic acids is 2. The number of quaternary nitrogens is 1. The number of rotatable bonds is 7. The molecule has 2 aromatic carbocycles. The number of carboxylic acids is 1. The Hall–Kier alpha value is -3.79. The van der Waals surface area contributed by atoms with Crippen molar-refractivity contribution in [2.45, 2.75) is 38.0 Å². The number of anilines is 1. The first kappa shape index (κ1) is 29.2. The van der Waals surface area contributed by atoms with E-state index in [1.807, 2.05) is 36.4 Å². The summed E-state index contributed by atoms with van der Waals surface area (Å²) in [6.07, 6.45) is 0.752. The fraction of sp³-hybridized carbons (Fsp3) is 0.400. The van der Waals surface area contributed by atoms with Gasteiger partial charge in [0.1, 0.15) is 18.3 Å². The third-order valence-electron chi connectivity index (χ3n) is 7.79. The maximum absolute atomic E-state index is 13.2. The second-order valence-corrected chi connectivity index (χ2v) is 10.4. The summed E-state index contributed by atoms with van der Waals surface area (Å²) in [5.41, 5.74) is 3.09. The molecule has 0 saturated carbocycles. The molecule has 1 aromatic heterocycles. The van der Waals surface area contributed by atoms with Crippen LogP contribution in [0.3, 0.4) is 0 Å². The highest BCUT2D eigenvalue weighted by Crippen LogP contribution is 2.37. The van der Waals surface area contributed by atoms with Crippen LogP contribution in [0, 0.1) is 5.92 Å². The van der Waals surface area contributed by atoms with E-state index < -0.39 is 12.1 Å². The molecule has 0 N–H and O–H groups in total. The van der Waals surface area contributed by atoms with Crippen molar-refractivity contribution in [1.82, 2.24) is 0 Å². The van der Waals surface area contributed by atoms with Gasteiger partial charge in [-0.15, -0.1) is 0 Å². The zero-order valence-corrected chi connectivity index (χ0v) is 22.3. The molecule has 3 aromatic rings. The fourth-order valence-electron chi connectivity index (χ4n) is 5.65. The number of para-hydroxylation sites is 1. The van der Waals surface area contributed by atoms with Crippen LogP contribution < -0.4 is 10.0 Å². The van der Waals surface area contributed by atoms with Crippen molar-refractivity contribution in [3.63, 3.8) is 0 Å². The van der Waals surface area contributed by atoms with E-state index in [4.69, 9.17) is 19.1 Å². The molecule has 214 valence electrons. The van der Waals surface area contributed by atoms with Gasteiger partial charge < -0.3 is 23.5 Å². The molecule has 3 fully saturated rings. The molecule has 2 bridgehead atoms. The standard InChI is InChI=1S/C28H33N2O3.C2HF3O2/c1-29(25-13-6-5-12-24(25)26-14-8-20-32-26)28(31)33-27-21-30(18-15-23(27)16-19-30)17-7-11-22-9-3-2-4-10-22;3-2(4,5)1(6)7/h2-6,8-10,12-14,20,23,27H,7,11,15-19,21H2,1H3;(H,6,7)/q+1;/p-1/t23?,27-,30?;/m0./s1. The summed E-state index contributed by atoms with van der Waals surface area (Å²) < 4.78 is 44.4. The van der Waals surface area contributed by atoms with Gasteiger partial charge in [0.25, 0.3) is 0 Å². The third-order valence-corrected chi connectivity index (χ3v) is 7.79. The number of hydrogen-bond acceptors (Lipinski definition) is 5. The minimum Gasteiger partial charge on any atom is -0.542 e. The Morgan fingerprint density at radius 1 is 1.02 bits per heavy atom. The Kier molecular flexibility index (Phi) is 9.19. The van der Waals surface area contributed by atoms with Crippen LogP contribution in [0.4, 0.5) is 23.7 Å². The summed E-state index contributed by atoms with van der Waals surface area (Å²) in [5, 5.41) is 8.78. The van der Waals surface area contributed by atoms with Gasteiger partial charge in [0.2, 0.25) is 0 Å². The average molecular weight is 559 g/mol. The molecule has 3 aliphatic rings. The third kappa shape index (κ3) is 7.24. The van der Waals surface area contributed by atoms with E-state index in [1.165, 1.54) is 25.1 Å². The number of aliphatic carboxylic acids is 1. The van der Waals surface area contributed by atoms with Crippen molar-refractivity contribution < 1.29 is 41.5 Å². The fourth-order valence-corrected chi connectivity index (χ4v) is 5.65. The number of aryl methyl sites for hydroxylation is 1. The number of piperidine rings is 3. The predicted molar refractivity (Wildman–Crippen MR) is 141 cm³/mol. The minimum absolute atomic E-state index is 0.00468. The maximum atomic E-state index is 13.2. The van der Waals surface area contributed by atoms with Crippen molar-refractivity contribution in [2.75, 3.05) is 38.1 Å². The highest BCUT2D eigenvalue weighted by molar-refractivity contribution is 5.92. The summed E-state index contributed by atoms with van der Waals surface area (Å²) in [4.78, 5) is 23.6. The zero-order chi connectivity index (χ0) is 28.8. The number of benzene rings is 2. The number of halogens is 3. The number of ether oxygens (including phenoxy) is 1. The number of furan rings is 1. The zero-order valence-electron chi connectivity index (χ0n) is 22.3. The SMILES string of the molecule is CN(C(=O)O[C@H]1C[N+]2(CCCc3ccccc3)CCC1CC2)c1ccccc1-c1ccco1.O=C([O-])C(F)(F)F. The molecule has 0 unspecified atom stereocenters. The molecule has 1 amide bonds. The largest absolute Gasteiger partial charge is 0.542 e. The van der Waals surface area contributed by atoms with E-state index in [2.05, 4.69) is 30.3 Å². The van der Waals surface area contributed by atoms with E-state index in [1.54, 1.807) is 18.2 Å². The first-order valence-corrected chi connectivity index (χ1v) is 13.3.